The van der Waals surface area contributed by atoms with Crippen molar-refractivity contribution in [2.45, 2.75) is 40.0 Å². The smallest absolute Gasteiger partial charge is 0.135 e. The zero-order valence-electron chi connectivity index (χ0n) is 11.4. The van der Waals surface area contributed by atoms with Gasteiger partial charge in [-0.2, -0.15) is 0 Å². The highest BCUT2D eigenvalue weighted by molar-refractivity contribution is 6.29. The van der Waals surface area contributed by atoms with Gasteiger partial charge in [-0.05, 0) is 12.3 Å². The van der Waals surface area contributed by atoms with Crippen molar-refractivity contribution in [1.29, 1.82) is 0 Å². The van der Waals surface area contributed by atoms with E-state index in [2.05, 4.69) is 42.6 Å². The summed E-state index contributed by atoms with van der Waals surface area (Å²) >= 11 is 6.02. The van der Waals surface area contributed by atoms with Crippen molar-refractivity contribution in [3.05, 3.63) is 17.0 Å². The van der Waals surface area contributed by atoms with Crippen LogP contribution in [0.5, 0.6) is 0 Å². The van der Waals surface area contributed by atoms with Crippen LogP contribution in [0.15, 0.2) is 6.07 Å². The molecular weight excluding hydrogens is 234 g/mol. The van der Waals surface area contributed by atoms with Crippen LogP contribution in [0.3, 0.4) is 0 Å². The SMILES string of the molecule is CC(C)CCN(C)c1cc(Cl)nc(C(C)C)n1. The third kappa shape index (κ3) is 4.50. The van der Waals surface area contributed by atoms with E-state index in [1.807, 2.05) is 13.1 Å². The van der Waals surface area contributed by atoms with E-state index in [-0.39, 0.29) is 0 Å². The Morgan fingerprint density at radius 2 is 1.88 bits per heavy atom. The molecule has 0 amide bonds. The van der Waals surface area contributed by atoms with Crippen LogP contribution < -0.4 is 4.90 Å². The molecular formula is C13H22ClN3. The summed E-state index contributed by atoms with van der Waals surface area (Å²) in [5.41, 5.74) is 0. The zero-order valence-corrected chi connectivity index (χ0v) is 12.1. The predicted molar refractivity (Wildman–Crippen MR) is 73.9 cm³/mol. The Labute approximate surface area is 109 Å². The fourth-order valence-corrected chi connectivity index (χ4v) is 1.63. The number of hydrogen-bond donors (Lipinski definition) is 0. The summed E-state index contributed by atoms with van der Waals surface area (Å²) in [5.74, 6) is 2.71. The number of rotatable bonds is 5. The van der Waals surface area contributed by atoms with Gasteiger partial charge >= 0.3 is 0 Å². The van der Waals surface area contributed by atoms with Crippen molar-refractivity contribution in [2.24, 2.45) is 5.92 Å². The second kappa shape index (κ2) is 6.20. The van der Waals surface area contributed by atoms with Gasteiger partial charge in [0.15, 0.2) is 0 Å². The number of anilines is 1. The van der Waals surface area contributed by atoms with Crippen LogP contribution in [0.1, 0.15) is 45.9 Å². The average molecular weight is 256 g/mol. The molecule has 0 aliphatic rings. The van der Waals surface area contributed by atoms with Gasteiger partial charge < -0.3 is 4.90 Å². The molecule has 0 radical (unpaired) electrons. The topological polar surface area (TPSA) is 29.0 Å². The van der Waals surface area contributed by atoms with Gasteiger partial charge in [-0.15, -0.1) is 0 Å². The van der Waals surface area contributed by atoms with Gasteiger partial charge in [0.1, 0.15) is 16.8 Å². The lowest BCUT2D eigenvalue weighted by atomic mass is 10.1. The largest absolute Gasteiger partial charge is 0.360 e. The Bertz CT molecular complexity index is 364. The molecule has 0 aliphatic carbocycles. The average Bonchev–Trinajstić information content (AvgIpc) is 2.24. The second-order valence-electron chi connectivity index (χ2n) is 5.17. The fraction of sp³-hybridized carbons (Fsp3) is 0.692. The lowest BCUT2D eigenvalue weighted by Crippen LogP contribution is -2.21. The van der Waals surface area contributed by atoms with Gasteiger partial charge in [-0.1, -0.05) is 39.3 Å². The predicted octanol–water partition coefficient (Wildman–Crippen LogP) is 3.74. The van der Waals surface area contributed by atoms with Crippen LogP contribution >= 0.6 is 11.6 Å². The summed E-state index contributed by atoms with van der Waals surface area (Å²) in [4.78, 5) is 10.9. The second-order valence-corrected chi connectivity index (χ2v) is 5.55. The van der Waals surface area contributed by atoms with Crippen LogP contribution in [-0.2, 0) is 0 Å². The van der Waals surface area contributed by atoms with E-state index in [1.165, 1.54) is 0 Å². The van der Waals surface area contributed by atoms with Crippen LogP contribution in [-0.4, -0.2) is 23.6 Å². The summed E-state index contributed by atoms with van der Waals surface area (Å²) in [6.07, 6.45) is 1.15. The molecule has 1 rings (SSSR count). The molecule has 1 aromatic heterocycles. The number of aromatic nitrogens is 2. The van der Waals surface area contributed by atoms with Crippen LogP contribution in [0.4, 0.5) is 5.82 Å². The van der Waals surface area contributed by atoms with E-state index in [1.54, 1.807) is 0 Å². The Hall–Kier alpha value is -0.830. The molecule has 1 heterocycles. The molecule has 0 aliphatic heterocycles. The van der Waals surface area contributed by atoms with Gasteiger partial charge in [0.25, 0.3) is 0 Å². The Kier molecular flexibility index (Phi) is 5.19. The summed E-state index contributed by atoms with van der Waals surface area (Å²) < 4.78 is 0. The maximum absolute atomic E-state index is 6.02. The first kappa shape index (κ1) is 14.2. The molecule has 3 nitrogen and oxygen atoms in total. The number of nitrogens with zero attached hydrogens (tertiary/aromatic N) is 3. The van der Waals surface area contributed by atoms with Gasteiger partial charge in [0.2, 0.25) is 0 Å². The molecule has 0 aromatic carbocycles. The molecule has 17 heavy (non-hydrogen) atoms. The van der Waals surface area contributed by atoms with Gasteiger partial charge in [-0.3, -0.25) is 0 Å². The third-order valence-electron chi connectivity index (χ3n) is 2.65. The maximum atomic E-state index is 6.02. The van der Waals surface area contributed by atoms with Crippen molar-refractivity contribution in [2.75, 3.05) is 18.5 Å². The molecule has 0 spiro atoms. The van der Waals surface area contributed by atoms with Crippen LogP contribution in [0.2, 0.25) is 5.15 Å². The molecule has 96 valence electrons. The van der Waals surface area contributed by atoms with Crippen molar-refractivity contribution >= 4 is 17.4 Å². The molecule has 0 atom stereocenters. The highest BCUT2D eigenvalue weighted by Crippen LogP contribution is 2.19. The standard InChI is InChI=1S/C13H22ClN3/c1-9(2)6-7-17(5)12-8-11(14)15-13(16-12)10(3)4/h8-10H,6-7H2,1-5H3. The van der Waals surface area contributed by atoms with Gasteiger partial charge in [0.05, 0.1) is 0 Å². The maximum Gasteiger partial charge on any atom is 0.135 e. The quantitative estimate of drug-likeness (QED) is 0.751. The van der Waals surface area contributed by atoms with E-state index < -0.39 is 0 Å². The molecule has 4 heteroatoms. The van der Waals surface area contributed by atoms with Crippen molar-refractivity contribution < 1.29 is 0 Å². The number of halogens is 1. The van der Waals surface area contributed by atoms with Gasteiger partial charge in [0, 0.05) is 25.6 Å². The van der Waals surface area contributed by atoms with E-state index >= 15 is 0 Å². The monoisotopic (exact) mass is 255 g/mol. The fourth-order valence-electron chi connectivity index (χ4n) is 1.44. The third-order valence-corrected chi connectivity index (χ3v) is 2.84. The molecule has 0 bridgehead atoms. The van der Waals surface area contributed by atoms with Crippen molar-refractivity contribution in [1.82, 2.24) is 9.97 Å². The first-order valence-corrected chi connectivity index (χ1v) is 6.53. The first-order chi connectivity index (χ1) is 7.90. The normalized spacial score (nSPS) is 11.3. The summed E-state index contributed by atoms with van der Waals surface area (Å²) in [6.45, 7) is 9.58. The highest BCUT2D eigenvalue weighted by Gasteiger charge is 2.10. The summed E-state index contributed by atoms with van der Waals surface area (Å²) in [6, 6.07) is 1.83. The van der Waals surface area contributed by atoms with Crippen molar-refractivity contribution in [3.63, 3.8) is 0 Å². The van der Waals surface area contributed by atoms with Crippen LogP contribution in [0.25, 0.3) is 0 Å². The Morgan fingerprint density at radius 1 is 1.24 bits per heavy atom. The minimum absolute atomic E-state index is 0.297. The molecule has 0 saturated carbocycles. The lowest BCUT2D eigenvalue weighted by molar-refractivity contribution is 0.582. The number of hydrogen-bond acceptors (Lipinski definition) is 3. The Morgan fingerprint density at radius 3 is 2.41 bits per heavy atom. The summed E-state index contributed by atoms with van der Waals surface area (Å²) in [5, 5.41) is 0.523. The Balaban J connectivity index is 2.82. The van der Waals surface area contributed by atoms with Gasteiger partial charge in [-0.25, -0.2) is 9.97 Å². The zero-order chi connectivity index (χ0) is 13.0. The van der Waals surface area contributed by atoms with E-state index in [4.69, 9.17) is 11.6 Å². The molecule has 0 saturated heterocycles. The highest BCUT2D eigenvalue weighted by atomic mass is 35.5. The van der Waals surface area contributed by atoms with Crippen LogP contribution in [0, 0.1) is 5.92 Å². The van der Waals surface area contributed by atoms with E-state index in [0.29, 0.717) is 17.0 Å². The summed E-state index contributed by atoms with van der Waals surface area (Å²) in [7, 11) is 2.05. The van der Waals surface area contributed by atoms with E-state index in [0.717, 1.165) is 24.6 Å². The molecule has 0 unspecified atom stereocenters. The van der Waals surface area contributed by atoms with Crippen molar-refractivity contribution in [3.8, 4) is 0 Å². The first-order valence-electron chi connectivity index (χ1n) is 6.15. The molecule has 0 N–H and O–H groups in total. The lowest BCUT2D eigenvalue weighted by Gasteiger charge is -2.20. The minimum Gasteiger partial charge on any atom is -0.360 e. The molecule has 1 aromatic rings. The van der Waals surface area contributed by atoms with E-state index in [9.17, 15) is 0 Å². The minimum atomic E-state index is 0.297. The molecule has 0 fully saturated rings.